The minimum Gasteiger partial charge on any atom is -0.414 e. The van der Waals surface area contributed by atoms with Gasteiger partial charge in [0.05, 0.1) is 28.6 Å². The summed E-state index contributed by atoms with van der Waals surface area (Å²) >= 11 is 0. The lowest BCUT2D eigenvalue weighted by Crippen LogP contribution is -2.63. The van der Waals surface area contributed by atoms with Gasteiger partial charge in [0, 0.05) is 19.2 Å². The molecule has 0 saturated carbocycles. The highest BCUT2D eigenvalue weighted by atomic mass is 28.4. The van der Waals surface area contributed by atoms with Crippen molar-refractivity contribution in [3.05, 3.63) is 75.5 Å². The third-order valence-corrected chi connectivity index (χ3v) is 7.62. The van der Waals surface area contributed by atoms with Crippen LogP contribution in [0.1, 0.15) is 29.3 Å². The molecule has 1 fully saturated rings. The summed E-state index contributed by atoms with van der Waals surface area (Å²) in [5.41, 5.74) is 0.582. The number of nitrogens with zero attached hydrogens (tertiary/aromatic N) is 2. The third kappa shape index (κ3) is 5.79. The second-order valence-electron chi connectivity index (χ2n) is 10.4. The van der Waals surface area contributed by atoms with Crippen molar-refractivity contribution in [2.45, 2.75) is 45.1 Å². The van der Waals surface area contributed by atoms with Gasteiger partial charge < -0.3 is 24.1 Å². The number of non-ortho nitro benzene ring substituents is 1. The minimum atomic E-state index is -1.97. The fourth-order valence-electron chi connectivity index (χ4n) is 4.95. The van der Waals surface area contributed by atoms with Gasteiger partial charge in [-0.3, -0.25) is 14.9 Å². The van der Waals surface area contributed by atoms with Gasteiger partial charge in [-0.2, -0.15) is 0 Å². The number of nitro benzene ring substituents is 1. The molecular formula is C27H29N3O9Si. The van der Waals surface area contributed by atoms with E-state index < -0.39 is 43.2 Å². The monoisotopic (exact) mass is 567 g/mol. The molecule has 2 aromatic carbocycles. The Morgan fingerprint density at radius 1 is 1.10 bits per heavy atom. The van der Waals surface area contributed by atoms with Crippen molar-refractivity contribution in [1.29, 1.82) is 0 Å². The molecule has 2 heterocycles. The van der Waals surface area contributed by atoms with Crippen LogP contribution in [-0.2, 0) is 18.8 Å². The maximum absolute atomic E-state index is 13.4. The fraction of sp³-hybridized carbons (Fsp3) is 0.333. The predicted molar refractivity (Wildman–Crippen MR) is 145 cm³/mol. The first-order chi connectivity index (χ1) is 18.8. The Kier molecular flexibility index (Phi) is 7.89. The van der Waals surface area contributed by atoms with E-state index in [4.69, 9.17) is 13.9 Å². The normalized spacial score (nSPS) is 18.9. The molecule has 13 heteroatoms. The summed E-state index contributed by atoms with van der Waals surface area (Å²) in [5.74, 6) is -2.66. The molecule has 0 aromatic heterocycles. The molecule has 0 radical (unpaired) electrons. The van der Waals surface area contributed by atoms with Crippen molar-refractivity contribution in [2.75, 3.05) is 7.05 Å². The van der Waals surface area contributed by atoms with Crippen LogP contribution in [0.4, 0.5) is 10.5 Å². The zero-order valence-electron chi connectivity index (χ0n) is 22.6. The van der Waals surface area contributed by atoms with E-state index in [-0.39, 0.29) is 41.1 Å². The molecule has 0 bridgehead atoms. The van der Waals surface area contributed by atoms with Crippen LogP contribution in [0.2, 0.25) is 19.6 Å². The highest BCUT2D eigenvalue weighted by molar-refractivity contribution is 6.69. The number of fused-ring (bicyclic) bond motifs is 1. The Morgan fingerprint density at radius 3 is 2.38 bits per heavy atom. The topological polar surface area (TPSA) is 154 Å². The lowest BCUT2D eigenvalue weighted by atomic mass is 9.82. The lowest BCUT2D eigenvalue weighted by Gasteiger charge is -2.47. The molecule has 2 aliphatic rings. The van der Waals surface area contributed by atoms with Gasteiger partial charge >= 0.3 is 18.0 Å². The van der Waals surface area contributed by atoms with Gasteiger partial charge in [-0.1, -0.05) is 12.1 Å². The zero-order valence-corrected chi connectivity index (χ0v) is 23.6. The number of nitrogens with one attached hydrogen (secondary N) is 1. The number of β-lactam (4-membered cyclic amide) rings is 1. The van der Waals surface area contributed by atoms with Crippen LogP contribution in [0, 0.1) is 16.0 Å². The largest absolute Gasteiger partial charge is 0.414 e. The first-order valence-electron chi connectivity index (χ1n) is 12.6. The minimum absolute atomic E-state index is 0.0680. The van der Waals surface area contributed by atoms with Crippen LogP contribution in [0.5, 0.6) is 5.75 Å². The van der Waals surface area contributed by atoms with Gasteiger partial charge in [-0.25, -0.2) is 14.4 Å². The molecule has 210 valence electrons. The van der Waals surface area contributed by atoms with Crippen molar-refractivity contribution >= 4 is 43.5 Å². The maximum Gasteiger partial charge on any atom is 0.412 e. The van der Waals surface area contributed by atoms with Crippen LogP contribution in [-0.4, -0.2) is 61.3 Å². The highest BCUT2D eigenvalue weighted by Gasteiger charge is 2.58. The van der Waals surface area contributed by atoms with Crippen molar-refractivity contribution < 1.29 is 38.0 Å². The predicted octanol–water partition coefficient (Wildman–Crippen LogP) is 3.88. The van der Waals surface area contributed by atoms with Gasteiger partial charge in [-0.15, -0.1) is 0 Å². The Hall–Kier alpha value is -4.36. The molecule has 4 rings (SSSR count). The van der Waals surface area contributed by atoms with Gasteiger partial charge in [0.15, 0.2) is 8.32 Å². The number of esters is 2. The van der Waals surface area contributed by atoms with Crippen molar-refractivity contribution in [3.8, 4) is 5.75 Å². The van der Waals surface area contributed by atoms with Crippen LogP contribution in [0.25, 0.3) is 5.57 Å². The lowest BCUT2D eigenvalue weighted by molar-refractivity contribution is -0.384. The molecule has 40 heavy (non-hydrogen) atoms. The highest BCUT2D eigenvalue weighted by Crippen LogP contribution is 2.48. The maximum atomic E-state index is 13.4. The van der Waals surface area contributed by atoms with E-state index in [0.29, 0.717) is 11.1 Å². The second-order valence-corrected chi connectivity index (χ2v) is 14.9. The summed E-state index contributed by atoms with van der Waals surface area (Å²) in [6.07, 6.45) is -0.779. The van der Waals surface area contributed by atoms with Crippen LogP contribution in [0.3, 0.4) is 0 Å². The number of amides is 2. The SMILES string of the molecule is CNC(=O)Oc1cccc(C2=C(C(=O)OC(=O)c3ccc([N+](=O)[O-])cc3)N3C(=O)[C@H]([C@@H](C)O[Si](C)(C)C)[C@H]3C2)c1. The van der Waals surface area contributed by atoms with Crippen LogP contribution < -0.4 is 10.1 Å². The summed E-state index contributed by atoms with van der Waals surface area (Å²) in [6.45, 7) is 7.90. The Labute approximate surface area is 231 Å². The summed E-state index contributed by atoms with van der Waals surface area (Å²) in [7, 11) is -0.554. The standard InChI is InChI=1S/C27H29N3O9Si/c1-15(39-40(3,4)5)22-21-14-20(17-7-6-8-19(13-17)37-27(34)28-2)23(29(21)24(22)31)26(33)38-25(32)16-9-11-18(12-10-16)30(35)36/h6-13,15,21-22H,14H2,1-5H3,(H,28,34)/t15-,21-,22-/m1/s1. The molecule has 2 aliphatic heterocycles. The Morgan fingerprint density at radius 2 is 1.77 bits per heavy atom. The second kappa shape index (κ2) is 11.0. The first kappa shape index (κ1) is 28.6. The molecule has 1 saturated heterocycles. The van der Waals surface area contributed by atoms with E-state index in [0.717, 1.165) is 12.1 Å². The molecular weight excluding hydrogens is 538 g/mol. The number of carbonyl (C=O) groups excluding carboxylic acids is 4. The van der Waals surface area contributed by atoms with Crippen LogP contribution in [0.15, 0.2) is 54.2 Å². The van der Waals surface area contributed by atoms with Gasteiger partial charge in [-0.05, 0) is 68.4 Å². The molecule has 0 aliphatic carbocycles. The zero-order chi connectivity index (χ0) is 29.4. The van der Waals surface area contributed by atoms with Crippen LogP contribution >= 0.6 is 0 Å². The molecule has 0 spiro atoms. The molecule has 3 atom stereocenters. The summed E-state index contributed by atoms with van der Waals surface area (Å²) < 4.78 is 16.5. The fourth-order valence-corrected chi connectivity index (χ4v) is 6.21. The van der Waals surface area contributed by atoms with Gasteiger partial charge in [0.2, 0.25) is 5.91 Å². The molecule has 0 unspecified atom stereocenters. The number of ether oxygens (including phenoxy) is 2. The van der Waals surface area contributed by atoms with Crippen molar-refractivity contribution in [3.63, 3.8) is 0 Å². The summed E-state index contributed by atoms with van der Waals surface area (Å²) in [6, 6.07) is 10.7. The summed E-state index contributed by atoms with van der Waals surface area (Å²) in [5, 5.41) is 13.3. The van der Waals surface area contributed by atoms with Crippen molar-refractivity contribution in [1.82, 2.24) is 10.2 Å². The molecule has 2 amide bonds. The molecule has 2 aromatic rings. The molecule has 12 nitrogen and oxygen atoms in total. The number of nitro groups is 1. The average Bonchev–Trinajstić information content (AvgIpc) is 3.23. The number of rotatable bonds is 8. The quantitative estimate of drug-likeness (QED) is 0.125. The summed E-state index contributed by atoms with van der Waals surface area (Å²) in [4.78, 5) is 62.9. The van der Waals surface area contributed by atoms with E-state index in [1.165, 1.54) is 24.1 Å². The van der Waals surface area contributed by atoms with Crippen molar-refractivity contribution in [2.24, 2.45) is 5.92 Å². The van der Waals surface area contributed by atoms with Gasteiger partial charge in [0.25, 0.3) is 5.69 Å². The van der Waals surface area contributed by atoms with E-state index in [9.17, 15) is 29.3 Å². The first-order valence-corrected chi connectivity index (χ1v) is 16.0. The van der Waals surface area contributed by atoms with E-state index in [2.05, 4.69) is 5.32 Å². The van der Waals surface area contributed by atoms with E-state index in [1.54, 1.807) is 24.3 Å². The number of hydrogen-bond acceptors (Lipinski definition) is 9. The smallest absolute Gasteiger partial charge is 0.412 e. The van der Waals surface area contributed by atoms with E-state index >= 15 is 0 Å². The number of carbonyl (C=O) groups is 4. The number of hydrogen-bond donors (Lipinski definition) is 1. The van der Waals surface area contributed by atoms with Gasteiger partial charge in [0.1, 0.15) is 11.4 Å². The Bertz CT molecular complexity index is 1420. The Balaban J connectivity index is 1.66. The number of benzene rings is 2. The van der Waals surface area contributed by atoms with E-state index in [1.807, 2.05) is 26.6 Å². The average molecular weight is 568 g/mol. The third-order valence-electron chi connectivity index (χ3n) is 6.54. The molecule has 1 N–H and O–H groups in total.